The van der Waals surface area contributed by atoms with E-state index in [9.17, 15) is 24.0 Å². The molecule has 1 aromatic heterocycles. The van der Waals surface area contributed by atoms with Gasteiger partial charge in [0.25, 0.3) is 11.8 Å². The summed E-state index contributed by atoms with van der Waals surface area (Å²) in [6.07, 6.45) is 3.57. The molecular weight excluding hydrogens is 616 g/mol. The van der Waals surface area contributed by atoms with Gasteiger partial charge in [0.1, 0.15) is 36.2 Å². The zero-order chi connectivity index (χ0) is 34.1. The third kappa shape index (κ3) is 8.46. The molecule has 6 rings (SSSR count). The number of benzene rings is 2. The summed E-state index contributed by atoms with van der Waals surface area (Å²) >= 11 is 0. The van der Waals surface area contributed by atoms with Gasteiger partial charge in [0.15, 0.2) is 5.60 Å². The highest BCUT2D eigenvalue weighted by atomic mass is 16.5. The first-order valence-corrected chi connectivity index (χ1v) is 16.0. The third-order valence-electron chi connectivity index (χ3n) is 8.40. The standard InChI is InChI=1S/C35H40N6O7/c1-23-30(42)37-17-20-47-27-10-12-28(13-11-27)48-35(14-18-41(19-15-35)33(45)26-9-6-16-36-22-26)34(46)39-24(2)31(43)40-29(32(44)38-23)21-25-7-4-3-5-8-25/h3-13,16,22-24,29H,14-15,17-21H2,1-2H3,(H,37,42)(H,38,44)(H,39,46)(H,40,43)/t23-,24-,29-/m0/s1. The number of amides is 5. The predicted octanol–water partition coefficient (Wildman–Crippen LogP) is 1.38. The lowest BCUT2D eigenvalue weighted by atomic mass is 9.89. The van der Waals surface area contributed by atoms with E-state index in [1.54, 1.807) is 54.4 Å². The fourth-order valence-electron chi connectivity index (χ4n) is 5.57. The van der Waals surface area contributed by atoms with Crippen LogP contribution in [0.3, 0.4) is 0 Å². The van der Waals surface area contributed by atoms with Gasteiger partial charge in [-0.3, -0.25) is 29.0 Å². The number of hydrogen-bond acceptors (Lipinski definition) is 8. The van der Waals surface area contributed by atoms with Crippen molar-refractivity contribution in [2.45, 2.75) is 56.8 Å². The Morgan fingerprint density at radius 1 is 0.833 bits per heavy atom. The minimum atomic E-state index is -1.40. The summed E-state index contributed by atoms with van der Waals surface area (Å²) in [5, 5.41) is 11.0. The van der Waals surface area contributed by atoms with Crippen molar-refractivity contribution in [2.24, 2.45) is 0 Å². The fraction of sp³-hybridized carbons (Fsp3) is 0.371. The number of fused-ring (bicyclic) bond motifs is 15. The van der Waals surface area contributed by atoms with Gasteiger partial charge in [-0.2, -0.15) is 0 Å². The molecule has 2 aromatic carbocycles. The molecule has 4 heterocycles. The molecule has 3 aliphatic rings. The molecule has 3 aromatic rings. The first kappa shape index (κ1) is 33.9. The van der Waals surface area contributed by atoms with Crippen LogP contribution in [-0.4, -0.2) is 89.4 Å². The molecule has 0 saturated carbocycles. The molecule has 5 amide bonds. The number of nitrogens with zero attached hydrogens (tertiary/aromatic N) is 2. The van der Waals surface area contributed by atoms with Gasteiger partial charge < -0.3 is 35.6 Å². The van der Waals surface area contributed by atoms with E-state index in [1.165, 1.54) is 13.1 Å². The number of rotatable bonds is 3. The van der Waals surface area contributed by atoms with Gasteiger partial charge in [0, 0.05) is 44.7 Å². The molecule has 4 N–H and O–H groups in total. The highest BCUT2D eigenvalue weighted by Crippen LogP contribution is 2.31. The number of ether oxygens (including phenoxy) is 2. The highest BCUT2D eigenvalue weighted by molar-refractivity contribution is 5.96. The van der Waals surface area contributed by atoms with Crippen LogP contribution in [0, 0.1) is 0 Å². The third-order valence-corrected chi connectivity index (χ3v) is 8.40. The lowest BCUT2D eigenvalue weighted by Gasteiger charge is -2.41. The SMILES string of the molecule is C[C@@H]1NC(=O)[C@H](Cc2ccccc2)NC(=O)[C@H](C)NC(=O)C2(CCN(C(=O)c3cccnc3)CC2)Oc2ccc(cc2)OCCNC1=O. The van der Waals surface area contributed by atoms with Crippen molar-refractivity contribution in [1.29, 1.82) is 0 Å². The van der Waals surface area contributed by atoms with E-state index in [0.717, 1.165) is 5.56 Å². The summed E-state index contributed by atoms with van der Waals surface area (Å²) in [7, 11) is 0. The van der Waals surface area contributed by atoms with E-state index in [2.05, 4.69) is 26.3 Å². The lowest BCUT2D eigenvalue weighted by Crippen LogP contribution is -2.61. The van der Waals surface area contributed by atoms with Crippen LogP contribution in [0.15, 0.2) is 79.1 Å². The fourth-order valence-corrected chi connectivity index (χ4v) is 5.57. The molecule has 1 saturated heterocycles. The molecule has 13 nitrogen and oxygen atoms in total. The van der Waals surface area contributed by atoms with Crippen LogP contribution in [-0.2, 0) is 25.6 Å². The van der Waals surface area contributed by atoms with E-state index < -0.39 is 47.4 Å². The maximum Gasteiger partial charge on any atom is 0.264 e. The molecule has 0 aliphatic carbocycles. The number of likely N-dealkylation sites (tertiary alicyclic amines) is 1. The summed E-state index contributed by atoms with van der Waals surface area (Å²) in [5.41, 5.74) is -0.160. The predicted molar refractivity (Wildman–Crippen MR) is 175 cm³/mol. The first-order chi connectivity index (χ1) is 23.1. The Balaban J connectivity index is 1.38. The summed E-state index contributed by atoms with van der Waals surface area (Å²) in [5.74, 6) is -1.35. The average Bonchev–Trinajstić information content (AvgIpc) is 3.10. The second-order valence-corrected chi connectivity index (χ2v) is 11.9. The van der Waals surface area contributed by atoms with Gasteiger partial charge in [-0.1, -0.05) is 30.3 Å². The molecule has 0 unspecified atom stereocenters. The van der Waals surface area contributed by atoms with E-state index in [-0.39, 0.29) is 51.4 Å². The second kappa shape index (κ2) is 15.4. The van der Waals surface area contributed by atoms with Gasteiger partial charge in [0.2, 0.25) is 17.7 Å². The highest BCUT2D eigenvalue weighted by Gasteiger charge is 2.46. The van der Waals surface area contributed by atoms with Crippen LogP contribution in [0.25, 0.3) is 0 Å². The Morgan fingerprint density at radius 3 is 2.21 bits per heavy atom. The van der Waals surface area contributed by atoms with Crippen LogP contribution in [0.1, 0.15) is 42.6 Å². The summed E-state index contributed by atoms with van der Waals surface area (Å²) in [6, 6.07) is 16.3. The van der Waals surface area contributed by atoms with Crippen molar-refractivity contribution in [2.75, 3.05) is 26.2 Å². The number of carbonyl (C=O) groups excluding carboxylic acids is 5. The molecule has 3 aliphatic heterocycles. The van der Waals surface area contributed by atoms with Crippen LogP contribution in [0.5, 0.6) is 11.5 Å². The summed E-state index contributed by atoms with van der Waals surface area (Å²) in [4.78, 5) is 72.4. The first-order valence-electron chi connectivity index (χ1n) is 16.0. The summed E-state index contributed by atoms with van der Waals surface area (Å²) < 4.78 is 12.1. The smallest absolute Gasteiger partial charge is 0.264 e. The van der Waals surface area contributed by atoms with Gasteiger partial charge in [-0.05, 0) is 55.8 Å². The van der Waals surface area contributed by atoms with Crippen molar-refractivity contribution < 1.29 is 33.4 Å². The Morgan fingerprint density at radius 2 is 1.52 bits per heavy atom. The van der Waals surface area contributed by atoms with Crippen molar-refractivity contribution in [1.82, 2.24) is 31.2 Å². The quantitative estimate of drug-likeness (QED) is 0.307. The molecule has 3 atom stereocenters. The lowest BCUT2D eigenvalue weighted by molar-refractivity contribution is -0.143. The monoisotopic (exact) mass is 656 g/mol. The number of pyridine rings is 1. The van der Waals surface area contributed by atoms with Crippen molar-refractivity contribution in [3.8, 4) is 11.5 Å². The van der Waals surface area contributed by atoms with Crippen LogP contribution in [0.2, 0.25) is 0 Å². The van der Waals surface area contributed by atoms with Crippen LogP contribution in [0.4, 0.5) is 0 Å². The largest absolute Gasteiger partial charge is 0.492 e. The molecule has 2 bridgehead atoms. The van der Waals surface area contributed by atoms with Crippen molar-refractivity contribution in [3.63, 3.8) is 0 Å². The number of piperidine rings is 1. The van der Waals surface area contributed by atoms with Crippen LogP contribution < -0.4 is 30.7 Å². The Bertz CT molecular complexity index is 1590. The minimum Gasteiger partial charge on any atom is -0.492 e. The van der Waals surface area contributed by atoms with E-state index in [4.69, 9.17) is 9.47 Å². The number of hydrogen-bond donors (Lipinski definition) is 4. The zero-order valence-corrected chi connectivity index (χ0v) is 26.9. The molecule has 48 heavy (non-hydrogen) atoms. The van der Waals surface area contributed by atoms with E-state index in [0.29, 0.717) is 17.1 Å². The topological polar surface area (TPSA) is 168 Å². The zero-order valence-electron chi connectivity index (χ0n) is 26.9. The second-order valence-electron chi connectivity index (χ2n) is 11.9. The number of aromatic nitrogens is 1. The molecule has 1 fully saturated rings. The van der Waals surface area contributed by atoms with Crippen molar-refractivity contribution >= 4 is 29.5 Å². The minimum absolute atomic E-state index is 0.157. The van der Waals surface area contributed by atoms with Gasteiger partial charge >= 0.3 is 0 Å². The Hall–Kier alpha value is -5.46. The van der Waals surface area contributed by atoms with Crippen molar-refractivity contribution in [3.05, 3.63) is 90.3 Å². The average molecular weight is 657 g/mol. The maximum atomic E-state index is 14.0. The normalized spacial score (nSPS) is 22.3. The van der Waals surface area contributed by atoms with E-state index in [1.807, 2.05) is 30.3 Å². The molecule has 252 valence electrons. The van der Waals surface area contributed by atoms with Crippen LogP contribution >= 0.6 is 0 Å². The molecule has 0 radical (unpaired) electrons. The Kier molecular flexibility index (Phi) is 10.9. The molecular formula is C35H40N6O7. The Labute approximate surface area is 278 Å². The summed E-state index contributed by atoms with van der Waals surface area (Å²) in [6.45, 7) is 3.89. The molecule has 13 heteroatoms. The van der Waals surface area contributed by atoms with E-state index >= 15 is 0 Å². The maximum absolute atomic E-state index is 14.0. The van der Waals surface area contributed by atoms with Gasteiger partial charge in [-0.25, -0.2) is 0 Å². The van der Waals surface area contributed by atoms with Gasteiger partial charge in [0.05, 0.1) is 12.1 Å². The van der Waals surface area contributed by atoms with Gasteiger partial charge in [-0.15, -0.1) is 0 Å². The number of nitrogens with one attached hydrogen (secondary N) is 4. The molecule has 1 spiro atoms. The number of carbonyl (C=O) groups is 5.